The van der Waals surface area contributed by atoms with Crippen molar-refractivity contribution in [1.82, 2.24) is 19.1 Å². The number of pyridine rings is 2. The zero-order valence-electron chi connectivity index (χ0n) is 23.0. The Morgan fingerprint density at radius 3 is 1.91 bits per heavy atom. The third-order valence-electron chi connectivity index (χ3n) is 8.36. The first-order valence-corrected chi connectivity index (χ1v) is 14.2. The predicted molar refractivity (Wildman–Crippen MR) is 174 cm³/mol. The summed E-state index contributed by atoms with van der Waals surface area (Å²) in [5, 5.41) is 6.03. The largest absolute Gasteiger partial charge is 2.00 e. The van der Waals surface area contributed by atoms with Gasteiger partial charge in [-0.1, -0.05) is 84.9 Å². The molecule has 0 N–H and O–H groups in total. The molecule has 0 aliphatic heterocycles. The third kappa shape index (κ3) is 3.95. The van der Waals surface area contributed by atoms with Crippen molar-refractivity contribution in [2.75, 3.05) is 0 Å². The molecule has 5 aromatic carbocycles. The molecule has 4 aromatic heterocycles. The van der Waals surface area contributed by atoms with E-state index in [1.807, 2.05) is 24.4 Å². The Kier molecular flexibility index (Phi) is 5.99. The predicted octanol–water partition coefficient (Wildman–Crippen LogP) is 9.49. The van der Waals surface area contributed by atoms with Gasteiger partial charge in [-0.05, 0) is 54.6 Å². The van der Waals surface area contributed by atoms with Gasteiger partial charge in [0.05, 0.1) is 33.3 Å². The molecule has 0 bridgehead atoms. The van der Waals surface area contributed by atoms with Gasteiger partial charge in [0.2, 0.25) is 0 Å². The fourth-order valence-electron chi connectivity index (χ4n) is 6.47. The molecule has 4 heterocycles. The van der Waals surface area contributed by atoms with E-state index in [0.29, 0.717) is 0 Å². The zero-order valence-corrected chi connectivity index (χ0v) is 25.2. The van der Waals surface area contributed by atoms with Crippen molar-refractivity contribution in [3.63, 3.8) is 0 Å². The molecule has 0 saturated carbocycles. The van der Waals surface area contributed by atoms with Crippen LogP contribution in [-0.2, 0) is 21.1 Å². The maximum Gasteiger partial charge on any atom is 2.00 e. The van der Waals surface area contributed by atoms with Crippen molar-refractivity contribution in [3.8, 4) is 22.8 Å². The van der Waals surface area contributed by atoms with Crippen LogP contribution in [0.2, 0.25) is 0 Å². The summed E-state index contributed by atoms with van der Waals surface area (Å²) >= 11 is 0. The number of benzene rings is 5. The average molecular weight is 732 g/mol. The van der Waals surface area contributed by atoms with Crippen LogP contribution in [0.1, 0.15) is 0 Å². The Labute approximate surface area is 262 Å². The van der Waals surface area contributed by atoms with E-state index < -0.39 is 0 Å². The average Bonchev–Trinajstić information content (AvgIpc) is 3.57. The summed E-state index contributed by atoms with van der Waals surface area (Å²) in [4.78, 5) is 9.73. The molecular weight excluding hydrogens is 708 g/mol. The quantitative estimate of drug-likeness (QED) is 0.182. The van der Waals surface area contributed by atoms with E-state index in [9.17, 15) is 0 Å². The van der Waals surface area contributed by atoms with Crippen molar-refractivity contribution in [1.29, 1.82) is 0 Å². The van der Waals surface area contributed by atoms with Crippen LogP contribution < -0.4 is 0 Å². The van der Waals surface area contributed by atoms with E-state index in [2.05, 4.69) is 130 Å². The molecule has 0 radical (unpaired) electrons. The van der Waals surface area contributed by atoms with Crippen molar-refractivity contribution in [2.24, 2.45) is 0 Å². The number of para-hydroxylation sites is 3. The second-order valence-electron chi connectivity index (χ2n) is 10.7. The number of fused-ring (bicyclic) bond motifs is 7. The van der Waals surface area contributed by atoms with E-state index in [1.165, 1.54) is 27.1 Å². The first-order chi connectivity index (χ1) is 20.8. The summed E-state index contributed by atoms with van der Waals surface area (Å²) in [6, 6.07) is 49.4. The molecule has 0 atom stereocenters. The zero-order chi connectivity index (χ0) is 27.6. The van der Waals surface area contributed by atoms with Crippen LogP contribution in [0.4, 0.5) is 0 Å². The first kappa shape index (κ1) is 25.6. The molecule has 5 heteroatoms. The van der Waals surface area contributed by atoms with Crippen LogP contribution in [0.15, 0.2) is 146 Å². The Morgan fingerprint density at radius 1 is 0.465 bits per heavy atom. The van der Waals surface area contributed by atoms with Gasteiger partial charge in [-0.3, -0.25) is 4.57 Å². The Hall–Kier alpha value is -5.05. The van der Waals surface area contributed by atoms with Crippen LogP contribution in [0.3, 0.4) is 0 Å². The molecule has 204 valence electrons. The number of hydrogen-bond acceptors (Lipinski definition) is 2. The van der Waals surface area contributed by atoms with Crippen molar-refractivity contribution in [2.45, 2.75) is 0 Å². The van der Waals surface area contributed by atoms with E-state index in [-0.39, 0.29) is 21.1 Å². The molecule has 0 fully saturated rings. The molecule has 0 aliphatic rings. The molecule has 0 amide bonds. The van der Waals surface area contributed by atoms with Gasteiger partial charge >= 0.3 is 21.1 Å². The SMILES string of the molecule is [Pt+2].c1ccc(-n2c3ccccc3c3ccc(-n4c5ccccc5c5ccc(-c6ccc7ccccc7n6)cc54)cc32)nc1. The van der Waals surface area contributed by atoms with Crippen molar-refractivity contribution >= 4 is 54.5 Å². The van der Waals surface area contributed by atoms with E-state index >= 15 is 0 Å². The monoisotopic (exact) mass is 731 g/mol. The standard InChI is InChI=1S/C38H24N4.Pt/c1-4-12-32-25(9-1)17-21-33(40-32)26-16-19-30-28-10-2-5-13-34(28)41(36(30)23-26)27-18-20-31-29-11-3-6-14-35(29)42(37(31)24-27)38-15-7-8-22-39-38;/h1-24H;/q;+2. The Morgan fingerprint density at radius 2 is 1.12 bits per heavy atom. The van der Waals surface area contributed by atoms with Crippen LogP contribution in [0.5, 0.6) is 0 Å². The minimum Gasteiger partial charge on any atom is -0.309 e. The van der Waals surface area contributed by atoms with Gasteiger partial charge in [0.1, 0.15) is 5.82 Å². The smallest absolute Gasteiger partial charge is 0.309 e. The molecule has 0 aliphatic carbocycles. The molecule has 0 saturated heterocycles. The second-order valence-corrected chi connectivity index (χ2v) is 10.7. The number of aromatic nitrogens is 4. The van der Waals surface area contributed by atoms with Gasteiger partial charge in [-0.15, -0.1) is 0 Å². The van der Waals surface area contributed by atoms with E-state index in [4.69, 9.17) is 9.97 Å². The summed E-state index contributed by atoms with van der Waals surface area (Å²) in [5.74, 6) is 0.910. The Bertz CT molecular complexity index is 2470. The summed E-state index contributed by atoms with van der Waals surface area (Å²) < 4.78 is 4.65. The van der Waals surface area contributed by atoms with Crippen molar-refractivity contribution in [3.05, 3.63) is 146 Å². The van der Waals surface area contributed by atoms with Crippen LogP contribution in [0.25, 0.3) is 77.3 Å². The van der Waals surface area contributed by atoms with Crippen LogP contribution >= 0.6 is 0 Å². The summed E-state index contributed by atoms with van der Waals surface area (Å²) in [6.45, 7) is 0. The molecule has 9 rings (SSSR count). The van der Waals surface area contributed by atoms with Gasteiger partial charge in [-0.2, -0.15) is 0 Å². The van der Waals surface area contributed by atoms with Crippen LogP contribution in [-0.4, -0.2) is 19.1 Å². The Balaban J connectivity index is 0.00000278. The molecule has 9 aromatic rings. The number of rotatable bonds is 3. The van der Waals surface area contributed by atoms with Gasteiger partial charge in [-0.25, -0.2) is 9.97 Å². The fourth-order valence-corrected chi connectivity index (χ4v) is 6.47. The maximum atomic E-state index is 5.00. The topological polar surface area (TPSA) is 35.6 Å². The summed E-state index contributed by atoms with van der Waals surface area (Å²) in [5.41, 5.74) is 8.79. The second kappa shape index (κ2) is 10.0. The number of hydrogen-bond donors (Lipinski definition) is 0. The first-order valence-electron chi connectivity index (χ1n) is 14.2. The summed E-state index contributed by atoms with van der Waals surface area (Å²) in [7, 11) is 0. The van der Waals surface area contributed by atoms with Crippen LogP contribution in [0, 0.1) is 0 Å². The molecule has 0 unspecified atom stereocenters. The van der Waals surface area contributed by atoms with Gasteiger partial charge < -0.3 is 4.57 Å². The minimum absolute atomic E-state index is 0. The van der Waals surface area contributed by atoms with Gasteiger partial charge in [0, 0.05) is 44.4 Å². The normalized spacial score (nSPS) is 11.5. The van der Waals surface area contributed by atoms with E-state index in [1.54, 1.807) is 0 Å². The summed E-state index contributed by atoms with van der Waals surface area (Å²) in [6.07, 6.45) is 1.86. The third-order valence-corrected chi connectivity index (χ3v) is 8.36. The molecule has 4 nitrogen and oxygen atoms in total. The minimum atomic E-state index is 0. The molecular formula is C38H24N4Pt+2. The van der Waals surface area contributed by atoms with Gasteiger partial charge in [0.25, 0.3) is 0 Å². The maximum absolute atomic E-state index is 5.00. The van der Waals surface area contributed by atoms with Gasteiger partial charge in [0.15, 0.2) is 0 Å². The molecule has 43 heavy (non-hydrogen) atoms. The number of nitrogens with zero attached hydrogens (tertiary/aromatic N) is 4. The van der Waals surface area contributed by atoms with E-state index in [0.717, 1.165) is 50.2 Å². The fraction of sp³-hybridized carbons (Fsp3) is 0. The molecule has 0 spiro atoms. The van der Waals surface area contributed by atoms with Crippen molar-refractivity contribution < 1.29 is 21.1 Å².